The lowest BCUT2D eigenvalue weighted by molar-refractivity contribution is -0.247. The average Bonchev–Trinajstić information content (AvgIpc) is 2.12. The third-order valence-electron chi connectivity index (χ3n) is 3.09. The van der Waals surface area contributed by atoms with Crippen LogP contribution in [0.15, 0.2) is 23.3 Å². The van der Waals surface area contributed by atoms with E-state index in [1.54, 1.807) is 0 Å². The van der Waals surface area contributed by atoms with E-state index >= 15 is 0 Å². The van der Waals surface area contributed by atoms with Crippen LogP contribution in [-0.2, 0) is 9.47 Å². The maximum atomic E-state index is 5.93. The summed E-state index contributed by atoms with van der Waals surface area (Å²) in [5.41, 5.74) is 2.63. The van der Waals surface area contributed by atoms with Crippen molar-refractivity contribution in [2.75, 3.05) is 0 Å². The second kappa shape index (κ2) is 6.53. The molecule has 0 bridgehead atoms. The Morgan fingerprint density at radius 3 is 2.50 bits per heavy atom. The number of hydrogen-bond donors (Lipinski definition) is 0. The minimum Gasteiger partial charge on any atom is -0.346 e. The van der Waals surface area contributed by atoms with E-state index in [-0.39, 0.29) is 18.0 Å². The zero-order valence-electron chi connectivity index (χ0n) is 12.7. The van der Waals surface area contributed by atoms with Crippen molar-refractivity contribution in [1.29, 1.82) is 0 Å². The van der Waals surface area contributed by atoms with Crippen LogP contribution in [0.1, 0.15) is 60.8 Å². The van der Waals surface area contributed by atoms with Crippen molar-refractivity contribution in [3.05, 3.63) is 23.3 Å². The van der Waals surface area contributed by atoms with E-state index in [0.717, 1.165) is 19.3 Å². The van der Waals surface area contributed by atoms with Crippen LogP contribution in [0, 0.1) is 0 Å². The normalized spacial score (nSPS) is 28.0. The molecule has 1 saturated heterocycles. The largest absolute Gasteiger partial charge is 0.346 e. The second-order valence-corrected chi connectivity index (χ2v) is 6.23. The van der Waals surface area contributed by atoms with E-state index in [0.29, 0.717) is 0 Å². The number of rotatable bonds is 4. The van der Waals surface area contributed by atoms with Gasteiger partial charge in [0.1, 0.15) is 0 Å². The molecule has 2 heteroatoms. The summed E-state index contributed by atoms with van der Waals surface area (Å²) in [5, 5.41) is 0. The lowest BCUT2D eigenvalue weighted by Gasteiger charge is -2.38. The molecule has 2 nitrogen and oxygen atoms in total. The fourth-order valence-corrected chi connectivity index (χ4v) is 2.34. The van der Waals surface area contributed by atoms with Crippen molar-refractivity contribution >= 4 is 0 Å². The first-order chi connectivity index (χ1) is 8.28. The van der Waals surface area contributed by atoms with Crippen molar-refractivity contribution in [1.82, 2.24) is 0 Å². The minimum atomic E-state index is -0.185. The van der Waals surface area contributed by atoms with Gasteiger partial charge in [-0.15, -0.1) is 0 Å². The Kier molecular flexibility index (Phi) is 5.61. The van der Waals surface area contributed by atoms with Gasteiger partial charge in [-0.1, -0.05) is 17.2 Å². The molecule has 2 atom stereocenters. The molecule has 1 aliphatic heterocycles. The minimum absolute atomic E-state index is 0.0843. The molecule has 1 fully saturated rings. The van der Waals surface area contributed by atoms with E-state index in [1.807, 2.05) is 0 Å². The van der Waals surface area contributed by atoms with E-state index in [1.165, 1.54) is 11.1 Å². The molecular weight excluding hydrogens is 224 g/mol. The van der Waals surface area contributed by atoms with Gasteiger partial charge in [0, 0.05) is 6.42 Å². The van der Waals surface area contributed by atoms with Gasteiger partial charge in [0.25, 0.3) is 0 Å². The first-order valence-corrected chi connectivity index (χ1v) is 6.92. The quantitative estimate of drug-likeness (QED) is 0.680. The zero-order chi connectivity index (χ0) is 13.8. The summed E-state index contributed by atoms with van der Waals surface area (Å²) in [7, 11) is 0. The molecule has 0 radical (unpaired) electrons. The molecule has 0 aliphatic carbocycles. The molecule has 104 valence electrons. The van der Waals surface area contributed by atoms with Gasteiger partial charge in [-0.3, -0.25) is 0 Å². The molecule has 0 N–H and O–H groups in total. The van der Waals surface area contributed by atoms with Crippen LogP contribution in [0.25, 0.3) is 0 Å². The van der Waals surface area contributed by atoms with Gasteiger partial charge in [0.05, 0.1) is 11.7 Å². The number of allylic oxidation sites excluding steroid dienone is 3. The molecule has 2 unspecified atom stereocenters. The standard InChI is InChI=1S/C16H28O2/c1-12(2)8-7-9-13(3)10-15-17-14(4)11-16(5,6)18-15/h8,10,14-15H,7,9,11H2,1-6H3. The summed E-state index contributed by atoms with van der Waals surface area (Å²) in [6, 6.07) is 0. The highest BCUT2D eigenvalue weighted by atomic mass is 16.7. The van der Waals surface area contributed by atoms with E-state index in [4.69, 9.17) is 9.47 Å². The molecular formula is C16H28O2. The van der Waals surface area contributed by atoms with Gasteiger partial charge in [0.15, 0.2) is 6.29 Å². The van der Waals surface area contributed by atoms with Gasteiger partial charge in [-0.2, -0.15) is 0 Å². The van der Waals surface area contributed by atoms with Gasteiger partial charge >= 0.3 is 0 Å². The average molecular weight is 252 g/mol. The van der Waals surface area contributed by atoms with Crippen LogP contribution in [0.4, 0.5) is 0 Å². The number of ether oxygens (including phenoxy) is 2. The van der Waals surface area contributed by atoms with E-state index in [2.05, 4.69) is 53.7 Å². The van der Waals surface area contributed by atoms with Crippen molar-refractivity contribution in [3.8, 4) is 0 Å². The second-order valence-electron chi connectivity index (χ2n) is 6.23. The molecule has 0 aromatic rings. The third-order valence-corrected chi connectivity index (χ3v) is 3.09. The fourth-order valence-electron chi connectivity index (χ4n) is 2.34. The molecule has 1 rings (SSSR count). The smallest absolute Gasteiger partial charge is 0.178 e. The van der Waals surface area contributed by atoms with Crippen LogP contribution < -0.4 is 0 Å². The maximum absolute atomic E-state index is 5.93. The Bertz CT molecular complexity index is 322. The van der Waals surface area contributed by atoms with Crippen LogP contribution in [0.5, 0.6) is 0 Å². The van der Waals surface area contributed by atoms with Crippen molar-refractivity contribution < 1.29 is 9.47 Å². The first-order valence-electron chi connectivity index (χ1n) is 6.92. The molecule has 0 saturated carbocycles. The Labute approximate surface area is 112 Å². The lowest BCUT2D eigenvalue weighted by atomic mass is 10.00. The molecule has 0 amide bonds. The van der Waals surface area contributed by atoms with E-state index < -0.39 is 0 Å². The maximum Gasteiger partial charge on any atom is 0.178 e. The van der Waals surface area contributed by atoms with Crippen LogP contribution >= 0.6 is 0 Å². The van der Waals surface area contributed by atoms with Gasteiger partial charge in [-0.25, -0.2) is 0 Å². The predicted octanol–water partition coefficient (Wildman–Crippen LogP) is 4.61. The highest BCUT2D eigenvalue weighted by molar-refractivity contribution is 5.04. The Morgan fingerprint density at radius 1 is 1.28 bits per heavy atom. The van der Waals surface area contributed by atoms with Crippen LogP contribution in [0.2, 0.25) is 0 Å². The summed E-state index contributed by atoms with van der Waals surface area (Å²) in [4.78, 5) is 0. The van der Waals surface area contributed by atoms with Crippen molar-refractivity contribution in [2.45, 2.75) is 78.8 Å². The SMILES string of the molecule is CC(C)=CCCC(C)=CC1OC(C)CC(C)(C)O1. The summed E-state index contributed by atoms with van der Waals surface area (Å²) in [5.74, 6) is 0. The molecule has 1 heterocycles. The summed E-state index contributed by atoms with van der Waals surface area (Å²) in [6.07, 6.45) is 7.59. The number of hydrogen-bond acceptors (Lipinski definition) is 2. The molecule has 0 aromatic carbocycles. The highest BCUT2D eigenvalue weighted by Crippen LogP contribution is 2.28. The molecule has 18 heavy (non-hydrogen) atoms. The van der Waals surface area contributed by atoms with Gasteiger partial charge < -0.3 is 9.47 Å². The predicted molar refractivity (Wildman–Crippen MR) is 76.5 cm³/mol. The zero-order valence-corrected chi connectivity index (χ0v) is 12.7. The Morgan fingerprint density at radius 2 is 1.94 bits per heavy atom. The Hall–Kier alpha value is -0.600. The van der Waals surface area contributed by atoms with Crippen molar-refractivity contribution in [3.63, 3.8) is 0 Å². The van der Waals surface area contributed by atoms with Crippen LogP contribution in [-0.4, -0.2) is 18.0 Å². The molecule has 0 spiro atoms. The third kappa shape index (κ3) is 5.83. The topological polar surface area (TPSA) is 18.5 Å². The monoisotopic (exact) mass is 252 g/mol. The summed E-state index contributed by atoms with van der Waals surface area (Å²) < 4.78 is 11.7. The first kappa shape index (κ1) is 15.5. The highest BCUT2D eigenvalue weighted by Gasteiger charge is 2.32. The Balaban J connectivity index is 2.51. The molecule has 0 aromatic heterocycles. The van der Waals surface area contributed by atoms with Gasteiger partial charge in [-0.05, 0) is 60.5 Å². The fraction of sp³-hybridized carbons (Fsp3) is 0.750. The molecule has 1 aliphatic rings. The summed E-state index contributed by atoms with van der Waals surface area (Å²) in [6.45, 7) is 12.8. The summed E-state index contributed by atoms with van der Waals surface area (Å²) >= 11 is 0. The lowest BCUT2D eigenvalue weighted by Crippen LogP contribution is -2.42. The van der Waals surface area contributed by atoms with E-state index in [9.17, 15) is 0 Å². The van der Waals surface area contributed by atoms with Gasteiger partial charge in [0.2, 0.25) is 0 Å². The van der Waals surface area contributed by atoms with Crippen molar-refractivity contribution in [2.24, 2.45) is 0 Å². The van der Waals surface area contributed by atoms with Crippen LogP contribution in [0.3, 0.4) is 0 Å².